The van der Waals surface area contributed by atoms with Crippen LogP contribution < -0.4 is 14.8 Å². The van der Waals surface area contributed by atoms with E-state index in [-0.39, 0.29) is 30.7 Å². The molecule has 0 saturated heterocycles. The molecule has 12 heteroatoms. The van der Waals surface area contributed by atoms with E-state index in [4.69, 9.17) is 19.2 Å². The number of carboxylic acid groups (broad SMARTS) is 1. The summed E-state index contributed by atoms with van der Waals surface area (Å²) in [5.41, 5.74) is 7.11. The molecule has 9 rings (SSSR count). The van der Waals surface area contributed by atoms with Crippen LogP contribution in [0, 0.1) is 0 Å². The molecule has 2 unspecified atom stereocenters. The molecule has 2 aromatic heterocycles. The van der Waals surface area contributed by atoms with E-state index < -0.39 is 30.4 Å². The molecule has 12 nitrogen and oxygen atoms in total. The fraction of sp³-hybridized carbons (Fsp3) is 0.170. The van der Waals surface area contributed by atoms with E-state index >= 15 is 0 Å². The quantitative estimate of drug-likeness (QED) is 0.0694. The molecule has 326 valence electrons. The average Bonchev–Trinajstić information content (AvgIpc) is 3.94. The molecule has 65 heavy (non-hydrogen) atoms. The van der Waals surface area contributed by atoms with Crippen LogP contribution in [0.4, 0.5) is 10.6 Å². The zero-order chi connectivity index (χ0) is 44.9. The van der Waals surface area contributed by atoms with Crippen LogP contribution >= 0.6 is 0 Å². The Balaban J connectivity index is 1.17. The van der Waals surface area contributed by atoms with Crippen LogP contribution in [0.1, 0.15) is 62.1 Å². The predicted molar refractivity (Wildman–Crippen MR) is 248 cm³/mol. The van der Waals surface area contributed by atoms with Crippen molar-refractivity contribution in [1.82, 2.24) is 19.9 Å². The van der Waals surface area contributed by atoms with Crippen LogP contribution in [0.5, 0.6) is 11.5 Å². The lowest BCUT2D eigenvalue weighted by Crippen LogP contribution is -2.49. The summed E-state index contributed by atoms with van der Waals surface area (Å²) in [4.78, 5) is 41.2. The molecule has 0 saturated carbocycles. The van der Waals surface area contributed by atoms with Gasteiger partial charge in [0, 0.05) is 23.2 Å². The fourth-order valence-corrected chi connectivity index (χ4v) is 9.27. The van der Waals surface area contributed by atoms with Gasteiger partial charge in [-0.2, -0.15) is 0 Å². The first-order valence-corrected chi connectivity index (χ1v) is 21.3. The summed E-state index contributed by atoms with van der Waals surface area (Å²) in [6.45, 7) is -0.813. The lowest BCUT2D eigenvalue weighted by molar-refractivity contribution is -0.0409. The van der Waals surface area contributed by atoms with Crippen molar-refractivity contribution in [3.8, 4) is 22.6 Å². The molecule has 1 aliphatic rings. The molecule has 0 aliphatic heterocycles. The first kappa shape index (κ1) is 42.5. The van der Waals surface area contributed by atoms with Crippen LogP contribution in [-0.4, -0.2) is 75.5 Å². The Morgan fingerprint density at radius 2 is 1.26 bits per heavy atom. The van der Waals surface area contributed by atoms with Crippen LogP contribution in [0.15, 0.2) is 170 Å². The maximum atomic E-state index is 14.1. The second-order valence-corrected chi connectivity index (χ2v) is 15.8. The van der Waals surface area contributed by atoms with Crippen molar-refractivity contribution in [2.45, 2.75) is 30.0 Å². The number of methoxy groups -OCH3 is 2. The Kier molecular flexibility index (Phi) is 12.1. The number of carbonyl (C=O) groups excluding carboxylic acids is 1. The van der Waals surface area contributed by atoms with Crippen LogP contribution in [-0.2, 0) is 10.3 Å². The highest BCUT2D eigenvalue weighted by atomic mass is 16.5. The number of nitrogens with one attached hydrogen (secondary N) is 2. The van der Waals surface area contributed by atoms with Gasteiger partial charge in [0.2, 0.25) is 0 Å². The zero-order valence-electron chi connectivity index (χ0n) is 35.8. The topological polar surface area (TPSA) is 159 Å². The third-order valence-electron chi connectivity index (χ3n) is 12.4. The number of amides is 2. The van der Waals surface area contributed by atoms with Gasteiger partial charge in [0.15, 0.2) is 5.82 Å². The van der Waals surface area contributed by atoms with Gasteiger partial charge >= 0.3 is 6.09 Å². The molecule has 0 radical (unpaired) electrons. The molecule has 0 spiro atoms. The van der Waals surface area contributed by atoms with E-state index in [9.17, 15) is 19.8 Å². The number of nitrogens with zero attached hydrogens (tertiary/aromatic N) is 3. The summed E-state index contributed by atoms with van der Waals surface area (Å²) >= 11 is 0. The molecule has 2 heterocycles. The highest BCUT2D eigenvalue weighted by molar-refractivity contribution is 6.07. The van der Waals surface area contributed by atoms with E-state index in [0.29, 0.717) is 33.7 Å². The SMILES string of the molecule is COc1ccc(C(OCC(CO)N(C(=O)O)C(CC2c3ccccc3-c3ccccc32)c2c[nH]c3c(NC(=O)c4ccccc4)ncnc23)(c2ccccc2)c2ccc(OC)cc2)cc1. The van der Waals surface area contributed by atoms with E-state index in [0.717, 1.165) is 38.9 Å². The summed E-state index contributed by atoms with van der Waals surface area (Å²) in [6, 6.07) is 48.0. The third kappa shape index (κ3) is 8.05. The standard InChI is InChI=1S/C53H47N5O7/c1-63-39-25-21-36(22-26-39)53(35-15-7-4-8-16-35,37-23-27-40(64-2)28-24-37)65-32-38(31-59)58(52(61)62)47(29-45-43-19-11-9-17-41(43)42-18-10-12-20-44(42)45)46-30-54-49-48(46)55-33-56-50(49)57-51(60)34-13-5-3-6-14-34/h3-28,30,33,38,45,47,54,59H,29,31-32H2,1-2H3,(H,61,62)(H,55,56,57,60). The Bertz CT molecular complexity index is 2830. The Hall–Kier alpha value is -7.80. The molecule has 0 bridgehead atoms. The molecular formula is C53H47N5O7. The van der Waals surface area contributed by atoms with Crippen molar-refractivity contribution >= 4 is 28.9 Å². The summed E-state index contributed by atoms with van der Waals surface area (Å²) < 4.78 is 18.3. The van der Waals surface area contributed by atoms with Gasteiger partial charge in [0.1, 0.15) is 28.9 Å². The van der Waals surface area contributed by atoms with Gasteiger partial charge in [0.25, 0.3) is 5.91 Å². The molecule has 4 N–H and O–H groups in total. The van der Waals surface area contributed by atoms with Crippen molar-refractivity contribution in [2.24, 2.45) is 0 Å². The first-order chi connectivity index (χ1) is 31.8. The number of benzene rings is 6. The van der Waals surface area contributed by atoms with Crippen LogP contribution in [0.3, 0.4) is 0 Å². The van der Waals surface area contributed by atoms with Gasteiger partial charge in [-0.15, -0.1) is 0 Å². The van der Waals surface area contributed by atoms with Crippen LogP contribution in [0.2, 0.25) is 0 Å². The largest absolute Gasteiger partial charge is 0.497 e. The summed E-state index contributed by atoms with van der Waals surface area (Å²) in [5.74, 6) is 0.942. The summed E-state index contributed by atoms with van der Waals surface area (Å²) in [7, 11) is 3.21. The average molecular weight is 866 g/mol. The van der Waals surface area contributed by atoms with Crippen molar-refractivity contribution in [3.63, 3.8) is 0 Å². The van der Waals surface area contributed by atoms with E-state index in [2.05, 4.69) is 39.6 Å². The molecule has 6 aromatic carbocycles. The monoisotopic (exact) mass is 865 g/mol. The van der Waals surface area contributed by atoms with Gasteiger partial charge in [-0.05, 0) is 81.8 Å². The Labute approximate surface area is 376 Å². The Morgan fingerprint density at radius 1 is 0.723 bits per heavy atom. The summed E-state index contributed by atoms with van der Waals surface area (Å²) in [5, 5.41) is 25.9. The number of aromatic amines is 1. The molecule has 0 fully saturated rings. The number of aromatic nitrogens is 3. The molecular weight excluding hydrogens is 819 g/mol. The molecule has 2 atom stereocenters. The number of fused-ring (bicyclic) bond motifs is 4. The first-order valence-electron chi connectivity index (χ1n) is 21.3. The molecule has 2 amide bonds. The number of hydrogen-bond donors (Lipinski definition) is 4. The lowest BCUT2D eigenvalue weighted by atomic mass is 9.80. The van der Waals surface area contributed by atoms with Gasteiger partial charge in [-0.1, -0.05) is 121 Å². The maximum absolute atomic E-state index is 14.1. The lowest BCUT2D eigenvalue weighted by Gasteiger charge is -2.40. The van der Waals surface area contributed by atoms with Crippen molar-refractivity contribution in [3.05, 3.63) is 209 Å². The zero-order valence-corrected chi connectivity index (χ0v) is 35.8. The summed E-state index contributed by atoms with van der Waals surface area (Å²) in [6.07, 6.45) is 2.09. The number of aliphatic hydroxyl groups is 1. The number of ether oxygens (including phenoxy) is 3. The molecule has 1 aliphatic carbocycles. The highest BCUT2D eigenvalue weighted by Gasteiger charge is 2.42. The predicted octanol–water partition coefficient (Wildman–Crippen LogP) is 9.82. The van der Waals surface area contributed by atoms with Crippen LogP contribution in [0.25, 0.3) is 22.2 Å². The minimum atomic E-state index is -1.30. The highest BCUT2D eigenvalue weighted by Crippen LogP contribution is 2.50. The minimum absolute atomic E-state index is 0.236. The van der Waals surface area contributed by atoms with E-state index in [1.54, 1.807) is 44.7 Å². The second kappa shape index (κ2) is 18.5. The van der Waals surface area contributed by atoms with Gasteiger partial charge in [-0.25, -0.2) is 14.8 Å². The van der Waals surface area contributed by atoms with Crippen molar-refractivity contribution in [1.29, 1.82) is 0 Å². The smallest absolute Gasteiger partial charge is 0.408 e. The van der Waals surface area contributed by atoms with Gasteiger partial charge in [-0.3, -0.25) is 9.69 Å². The minimum Gasteiger partial charge on any atom is -0.497 e. The number of hydrogen-bond acceptors (Lipinski definition) is 8. The number of anilines is 1. The fourth-order valence-electron chi connectivity index (χ4n) is 9.27. The maximum Gasteiger partial charge on any atom is 0.408 e. The van der Waals surface area contributed by atoms with Crippen molar-refractivity contribution < 1.29 is 34.0 Å². The third-order valence-corrected chi connectivity index (χ3v) is 12.4. The number of aliphatic hydroxyl groups excluding tert-OH is 1. The Morgan fingerprint density at radius 3 is 1.82 bits per heavy atom. The second-order valence-electron chi connectivity index (χ2n) is 15.8. The van der Waals surface area contributed by atoms with Crippen molar-refractivity contribution in [2.75, 3.05) is 32.8 Å². The number of H-pyrrole nitrogens is 1. The molecule has 8 aromatic rings. The number of rotatable bonds is 16. The number of carbonyl (C=O) groups is 2. The van der Waals surface area contributed by atoms with E-state index in [1.165, 1.54) is 11.2 Å². The normalized spacial score (nSPS) is 13.1. The van der Waals surface area contributed by atoms with Gasteiger partial charge in [0.05, 0.1) is 45.0 Å². The van der Waals surface area contributed by atoms with E-state index in [1.807, 2.05) is 109 Å². The van der Waals surface area contributed by atoms with Gasteiger partial charge < -0.3 is 34.7 Å².